The average Bonchev–Trinajstić information content (AvgIpc) is 2.36. The van der Waals surface area contributed by atoms with Crippen molar-refractivity contribution < 1.29 is 9.59 Å². The number of hydrogen-bond donors (Lipinski definition) is 0. The number of benzene rings is 1. The highest BCUT2D eigenvalue weighted by molar-refractivity contribution is 6.41. The van der Waals surface area contributed by atoms with E-state index in [0.717, 1.165) is 11.3 Å². The van der Waals surface area contributed by atoms with Gasteiger partial charge in [0, 0.05) is 25.8 Å². The van der Waals surface area contributed by atoms with Crippen LogP contribution in [0.15, 0.2) is 24.3 Å². The van der Waals surface area contributed by atoms with Crippen LogP contribution in [0.5, 0.6) is 0 Å². The number of carbonyl (C=O) groups is 2. The summed E-state index contributed by atoms with van der Waals surface area (Å²) in [7, 11) is 1.66. The first-order valence-corrected chi connectivity index (χ1v) is 6.18. The van der Waals surface area contributed by atoms with Crippen molar-refractivity contribution in [3.63, 3.8) is 0 Å². The van der Waals surface area contributed by atoms with Crippen LogP contribution in [0.25, 0.3) is 0 Å². The molecule has 1 aromatic rings. The normalized spacial score (nSPS) is 16.7. The van der Waals surface area contributed by atoms with Gasteiger partial charge in [-0.05, 0) is 17.5 Å². The van der Waals surface area contributed by atoms with Crippen LogP contribution in [0.1, 0.15) is 25.3 Å². The molecule has 0 atom stereocenters. The van der Waals surface area contributed by atoms with Crippen molar-refractivity contribution in [1.29, 1.82) is 0 Å². The molecule has 1 aliphatic rings. The van der Waals surface area contributed by atoms with E-state index in [9.17, 15) is 9.59 Å². The summed E-state index contributed by atoms with van der Waals surface area (Å²) in [4.78, 5) is 26.8. The zero-order valence-electron chi connectivity index (χ0n) is 11.0. The second-order valence-electron chi connectivity index (χ2n) is 4.90. The summed E-state index contributed by atoms with van der Waals surface area (Å²) in [6.45, 7) is 5.31. The van der Waals surface area contributed by atoms with Crippen LogP contribution in [0.4, 0.5) is 5.69 Å². The van der Waals surface area contributed by atoms with Crippen molar-refractivity contribution in [3.05, 3.63) is 29.8 Å². The van der Waals surface area contributed by atoms with Crippen LogP contribution < -0.4 is 4.90 Å². The van der Waals surface area contributed by atoms with Gasteiger partial charge in [-0.3, -0.25) is 9.59 Å². The molecule has 2 amide bonds. The van der Waals surface area contributed by atoms with Gasteiger partial charge in [0.15, 0.2) is 0 Å². The van der Waals surface area contributed by atoms with Crippen molar-refractivity contribution in [2.45, 2.75) is 19.8 Å². The summed E-state index contributed by atoms with van der Waals surface area (Å²) in [5.41, 5.74) is 1.96. The highest BCUT2D eigenvalue weighted by atomic mass is 16.2. The molecule has 0 radical (unpaired) electrons. The number of rotatable bonds is 2. The van der Waals surface area contributed by atoms with E-state index in [-0.39, 0.29) is 0 Å². The molecule has 0 bridgehead atoms. The minimum Gasteiger partial charge on any atom is -0.336 e. The third-order valence-corrected chi connectivity index (χ3v) is 3.28. The predicted molar refractivity (Wildman–Crippen MR) is 70.5 cm³/mol. The molecule has 0 aromatic heterocycles. The smallest absolute Gasteiger partial charge is 0.316 e. The lowest BCUT2D eigenvalue weighted by molar-refractivity contribution is -0.145. The summed E-state index contributed by atoms with van der Waals surface area (Å²) in [5, 5.41) is 0. The molecule has 1 heterocycles. The van der Waals surface area contributed by atoms with E-state index < -0.39 is 11.8 Å². The molecule has 0 aliphatic carbocycles. The van der Waals surface area contributed by atoms with Crippen molar-refractivity contribution in [2.24, 2.45) is 0 Å². The van der Waals surface area contributed by atoms with Gasteiger partial charge in [-0.25, -0.2) is 0 Å². The molecule has 18 heavy (non-hydrogen) atoms. The van der Waals surface area contributed by atoms with Crippen molar-refractivity contribution in [2.75, 3.05) is 25.0 Å². The minimum absolute atomic E-state index is 0.323. The topological polar surface area (TPSA) is 40.6 Å². The lowest BCUT2D eigenvalue weighted by Crippen LogP contribution is -2.53. The molecule has 4 heteroatoms. The maximum Gasteiger partial charge on any atom is 0.316 e. The van der Waals surface area contributed by atoms with Crippen LogP contribution in [-0.4, -0.2) is 36.9 Å². The SMILES string of the molecule is CC(C)c1ccccc1N1CCN(C)C(=O)C1=O. The molecular weight excluding hydrogens is 228 g/mol. The Hall–Kier alpha value is -1.84. The first-order chi connectivity index (χ1) is 8.52. The Bertz CT molecular complexity index is 482. The maximum absolute atomic E-state index is 12.0. The van der Waals surface area contributed by atoms with E-state index in [1.54, 1.807) is 11.9 Å². The van der Waals surface area contributed by atoms with Gasteiger partial charge in [-0.1, -0.05) is 32.0 Å². The molecule has 4 nitrogen and oxygen atoms in total. The van der Waals surface area contributed by atoms with Crippen LogP contribution in [0.2, 0.25) is 0 Å². The molecular formula is C14H18N2O2. The number of hydrogen-bond acceptors (Lipinski definition) is 2. The zero-order chi connectivity index (χ0) is 13.3. The molecule has 1 saturated heterocycles. The van der Waals surface area contributed by atoms with E-state index in [0.29, 0.717) is 19.0 Å². The van der Waals surface area contributed by atoms with E-state index in [1.165, 1.54) is 4.90 Å². The summed E-state index contributed by atoms with van der Waals surface area (Å²) >= 11 is 0. The Balaban J connectivity index is 2.38. The van der Waals surface area contributed by atoms with Crippen molar-refractivity contribution in [3.8, 4) is 0 Å². The largest absolute Gasteiger partial charge is 0.336 e. The standard InChI is InChI=1S/C14H18N2O2/c1-10(2)11-6-4-5-7-12(11)16-9-8-15(3)13(17)14(16)18/h4-7,10H,8-9H2,1-3H3. The summed E-state index contributed by atoms with van der Waals surface area (Å²) in [5.74, 6) is -0.541. The monoisotopic (exact) mass is 246 g/mol. The highest BCUT2D eigenvalue weighted by Gasteiger charge is 2.32. The molecule has 96 valence electrons. The second-order valence-corrected chi connectivity index (χ2v) is 4.90. The second kappa shape index (κ2) is 4.80. The lowest BCUT2D eigenvalue weighted by Gasteiger charge is -2.33. The van der Waals surface area contributed by atoms with Crippen LogP contribution in [0, 0.1) is 0 Å². The molecule has 1 aliphatic heterocycles. The Morgan fingerprint density at radius 2 is 1.72 bits per heavy atom. The zero-order valence-corrected chi connectivity index (χ0v) is 11.0. The first kappa shape index (κ1) is 12.6. The number of nitrogens with zero attached hydrogens (tertiary/aromatic N) is 2. The van der Waals surface area contributed by atoms with Crippen LogP contribution in [-0.2, 0) is 9.59 Å². The lowest BCUT2D eigenvalue weighted by atomic mass is 10.00. The van der Waals surface area contributed by atoms with Gasteiger partial charge in [0.05, 0.1) is 0 Å². The maximum atomic E-state index is 12.0. The Morgan fingerprint density at radius 1 is 1.06 bits per heavy atom. The van der Waals surface area contributed by atoms with Crippen LogP contribution >= 0.6 is 0 Å². The van der Waals surface area contributed by atoms with Gasteiger partial charge in [0.25, 0.3) is 0 Å². The predicted octanol–water partition coefficient (Wildman–Crippen LogP) is 1.61. The van der Waals surface area contributed by atoms with Gasteiger partial charge in [0.2, 0.25) is 0 Å². The summed E-state index contributed by atoms with van der Waals surface area (Å²) in [6.07, 6.45) is 0. The fraction of sp³-hybridized carbons (Fsp3) is 0.429. The third kappa shape index (κ3) is 2.10. The summed E-state index contributed by atoms with van der Waals surface area (Å²) in [6, 6.07) is 7.78. The van der Waals surface area contributed by atoms with Gasteiger partial charge in [0.1, 0.15) is 0 Å². The number of piperazine rings is 1. The molecule has 0 saturated carbocycles. The molecule has 1 aromatic carbocycles. The Morgan fingerprint density at radius 3 is 2.39 bits per heavy atom. The van der Waals surface area contributed by atoms with Gasteiger partial charge < -0.3 is 9.80 Å². The average molecular weight is 246 g/mol. The molecule has 1 fully saturated rings. The minimum atomic E-state index is -0.433. The first-order valence-electron chi connectivity index (χ1n) is 6.18. The molecule has 0 unspecified atom stereocenters. The van der Waals surface area contributed by atoms with Crippen LogP contribution in [0.3, 0.4) is 0 Å². The van der Waals surface area contributed by atoms with Gasteiger partial charge in [-0.15, -0.1) is 0 Å². The van der Waals surface area contributed by atoms with E-state index in [1.807, 2.05) is 24.3 Å². The molecule has 2 rings (SSSR count). The quantitative estimate of drug-likeness (QED) is 0.744. The van der Waals surface area contributed by atoms with Gasteiger partial charge >= 0.3 is 11.8 Å². The number of amides is 2. The van der Waals surface area contributed by atoms with Crippen molar-refractivity contribution in [1.82, 2.24) is 4.90 Å². The third-order valence-electron chi connectivity index (χ3n) is 3.28. The number of anilines is 1. The Kier molecular flexibility index (Phi) is 3.36. The highest BCUT2D eigenvalue weighted by Crippen LogP contribution is 2.28. The number of likely N-dealkylation sites (N-methyl/N-ethyl adjacent to an activating group) is 1. The molecule has 0 N–H and O–H groups in total. The fourth-order valence-electron chi connectivity index (χ4n) is 2.18. The van der Waals surface area contributed by atoms with Crippen molar-refractivity contribution >= 4 is 17.5 Å². The molecule has 0 spiro atoms. The number of para-hydroxylation sites is 1. The van der Waals surface area contributed by atoms with Gasteiger partial charge in [-0.2, -0.15) is 0 Å². The number of carbonyl (C=O) groups excluding carboxylic acids is 2. The van der Waals surface area contributed by atoms with E-state index in [4.69, 9.17) is 0 Å². The fourth-order valence-corrected chi connectivity index (χ4v) is 2.18. The summed E-state index contributed by atoms with van der Waals surface area (Å²) < 4.78 is 0. The van der Waals surface area contributed by atoms with E-state index >= 15 is 0 Å². The van der Waals surface area contributed by atoms with E-state index in [2.05, 4.69) is 13.8 Å². The Labute approximate surface area is 107 Å².